The zero-order valence-corrected chi connectivity index (χ0v) is 13.4. The minimum atomic E-state index is -0.0442. The molecule has 4 rings (SSSR count). The highest BCUT2D eigenvalue weighted by atomic mass is 16.3. The van der Waals surface area contributed by atoms with E-state index in [9.17, 15) is 9.59 Å². The van der Waals surface area contributed by atoms with E-state index in [0.29, 0.717) is 44.1 Å². The lowest BCUT2D eigenvalue weighted by Gasteiger charge is -2.27. The lowest BCUT2D eigenvalue weighted by Crippen LogP contribution is -2.38. The molecule has 0 saturated heterocycles. The van der Waals surface area contributed by atoms with Gasteiger partial charge in [-0.2, -0.15) is 0 Å². The predicted molar refractivity (Wildman–Crippen MR) is 84.9 cm³/mol. The third kappa shape index (κ3) is 3.20. The molecule has 1 saturated carbocycles. The first-order valence-corrected chi connectivity index (χ1v) is 8.32. The van der Waals surface area contributed by atoms with Crippen molar-refractivity contribution >= 4 is 11.8 Å². The SMILES string of the molecule is O=C(CC1CC1)NCc1cn2c(n1)CN(C(=O)c1ccoc1)CC2. The second kappa shape index (κ2) is 6.14. The van der Waals surface area contributed by atoms with Gasteiger partial charge in [0.25, 0.3) is 5.91 Å². The standard InChI is InChI=1S/C17H20N4O3/c22-16(7-12-1-2-12)18-8-14-9-20-4-5-21(10-15(20)19-14)17(23)13-3-6-24-11-13/h3,6,9,11-12H,1-2,4-5,7-8,10H2,(H,18,22). The van der Waals surface area contributed by atoms with Crippen LogP contribution in [0.2, 0.25) is 0 Å². The topological polar surface area (TPSA) is 80.4 Å². The number of aromatic nitrogens is 2. The van der Waals surface area contributed by atoms with E-state index in [1.54, 1.807) is 11.0 Å². The van der Waals surface area contributed by atoms with Crippen molar-refractivity contribution in [3.05, 3.63) is 41.9 Å². The summed E-state index contributed by atoms with van der Waals surface area (Å²) in [7, 11) is 0. The lowest BCUT2D eigenvalue weighted by atomic mass is 10.2. The van der Waals surface area contributed by atoms with Crippen LogP contribution < -0.4 is 5.32 Å². The Morgan fingerprint density at radius 3 is 2.96 bits per heavy atom. The maximum atomic E-state index is 12.4. The predicted octanol–water partition coefficient (Wildman–Crippen LogP) is 1.55. The van der Waals surface area contributed by atoms with Crippen LogP contribution in [0.3, 0.4) is 0 Å². The van der Waals surface area contributed by atoms with Crippen molar-refractivity contribution in [2.24, 2.45) is 5.92 Å². The van der Waals surface area contributed by atoms with Gasteiger partial charge in [-0.05, 0) is 24.8 Å². The first-order chi connectivity index (χ1) is 11.7. The number of nitrogens with one attached hydrogen (secondary N) is 1. The van der Waals surface area contributed by atoms with Crippen molar-refractivity contribution in [2.45, 2.75) is 38.9 Å². The Bertz CT molecular complexity index is 746. The molecule has 0 spiro atoms. The second-order valence-electron chi connectivity index (χ2n) is 6.50. The van der Waals surface area contributed by atoms with Crippen molar-refractivity contribution in [3.8, 4) is 0 Å². The van der Waals surface area contributed by atoms with E-state index in [0.717, 1.165) is 11.5 Å². The van der Waals surface area contributed by atoms with Gasteiger partial charge >= 0.3 is 0 Å². The summed E-state index contributed by atoms with van der Waals surface area (Å²) >= 11 is 0. The van der Waals surface area contributed by atoms with E-state index in [1.807, 2.05) is 6.20 Å². The Morgan fingerprint density at radius 2 is 2.21 bits per heavy atom. The van der Waals surface area contributed by atoms with Gasteiger partial charge in [-0.1, -0.05) is 0 Å². The summed E-state index contributed by atoms with van der Waals surface area (Å²) in [6.45, 7) is 2.27. The van der Waals surface area contributed by atoms with Crippen molar-refractivity contribution < 1.29 is 14.0 Å². The molecule has 1 aliphatic carbocycles. The average Bonchev–Trinajstić information content (AvgIpc) is 3.09. The van der Waals surface area contributed by atoms with Crippen LogP contribution in [0.15, 0.2) is 29.2 Å². The number of hydrogen-bond acceptors (Lipinski definition) is 4. The number of carbonyl (C=O) groups excluding carboxylic acids is 2. The average molecular weight is 328 g/mol. The van der Waals surface area contributed by atoms with E-state index in [4.69, 9.17) is 4.42 Å². The van der Waals surface area contributed by atoms with Gasteiger partial charge in [0.15, 0.2) is 0 Å². The molecule has 0 bridgehead atoms. The third-order valence-corrected chi connectivity index (χ3v) is 4.55. The van der Waals surface area contributed by atoms with E-state index in [1.165, 1.54) is 25.4 Å². The Kier molecular flexibility index (Phi) is 3.84. The van der Waals surface area contributed by atoms with Crippen LogP contribution in [0.5, 0.6) is 0 Å². The third-order valence-electron chi connectivity index (χ3n) is 4.55. The van der Waals surface area contributed by atoms with Gasteiger partial charge in [0.2, 0.25) is 5.91 Å². The van der Waals surface area contributed by atoms with Crippen LogP contribution in [0.1, 0.15) is 41.1 Å². The summed E-state index contributed by atoms with van der Waals surface area (Å²) in [6.07, 6.45) is 7.90. The molecule has 1 N–H and O–H groups in total. The highest BCUT2D eigenvalue weighted by molar-refractivity contribution is 5.93. The minimum Gasteiger partial charge on any atom is -0.472 e. The van der Waals surface area contributed by atoms with E-state index in [-0.39, 0.29) is 11.8 Å². The molecule has 1 fully saturated rings. The number of rotatable bonds is 5. The van der Waals surface area contributed by atoms with Crippen LogP contribution >= 0.6 is 0 Å². The molecule has 2 aliphatic rings. The van der Waals surface area contributed by atoms with Crippen LogP contribution in [0, 0.1) is 5.92 Å². The summed E-state index contributed by atoms with van der Waals surface area (Å²) in [4.78, 5) is 30.5. The summed E-state index contributed by atoms with van der Waals surface area (Å²) in [5.74, 6) is 1.49. The zero-order valence-electron chi connectivity index (χ0n) is 13.4. The van der Waals surface area contributed by atoms with Gasteiger partial charge in [-0.3, -0.25) is 9.59 Å². The molecule has 7 nitrogen and oxygen atoms in total. The van der Waals surface area contributed by atoms with Gasteiger partial charge in [0.05, 0.1) is 30.6 Å². The first kappa shape index (κ1) is 15.0. The van der Waals surface area contributed by atoms with Gasteiger partial charge in [0, 0.05) is 25.7 Å². The zero-order chi connectivity index (χ0) is 16.5. The lowest BCUT2D eigenvalue weighted by molar-refractivity contribution is -0.121. The van der Waals surface area contributed by atoms with E-state index < -0.39 is 0 Å². The summed E-state index contributed by atoms with van der Waals surface area (Å²) in [5, 5.41) is 2.93. The number of nitrogens with zero attached hydrogens (tertiary/aromatic N) is 3. The fraction of sp³-hybridized carbons (Fsp3) is 0.471. The highest BCUT2D eigenvalue weighted by Crippen LogP contribution is 2.32. The largest absolute Gasteiger partial charge is 0.472 e. The van der Waals surface area contributed by atoms with Crippen LogP contribution in [0.4, 0.5) is 0 Å². The van der Waals surface area contributed by atoms with Crippen LogP contribution in [-0.2, 0) is 24.4 Å². The number of fused-ring (bicyclic) bond motifs is 1. The molecule has 126 valence electrons. The fourth-order valence-corrected chi connectivity index (χ4v) is 2.98. The molecule has 0 atom stereocenters. The van der Waals surface area contributed by atoms with Crippen molar-refractivity contribution in [1.82, 2.24) is 19.8 Å². The monoisotopic (exact) mass is 328 g/mol. The summed E-state index contributed by atoms with van der Waals surface area (Å²) in [6, 6.07) is 1.67. The van der Waals surface area contributed by atoms with Crippen molar-refractivity contribution in [2.75, 3.05) is 6.54 Å². The minimum absolute atomic E-state index is 0.0442. The van der Waals surface area contributed by atoms with Gasteiger partial charge in [0.1, 0.15) is 12.1 Å². The summed E-state index contributed by atoms with van der Waals surface area (Å²) < 4.78 is 7.03. The normalized spacial score (nSPS) is 16.8. The molecular weight excluding hydrogens is 308 g/mol. The Labute approximate surface area is 139 Å². The Hall–Kier alpha value is -2.57. The molecule has 1 aliphatic heterocycles. The van der Waals surface area contributed by atoms with Crippen LogP contribution in [-0.4, -0.2) is 32.8 Å². The highest BCUT2D eigenvalue weighted by Gasteiger charge is 2.25. The smallest absolute Gasteiger partial charge is 0.257 e. The molecule has 0 unspecified atom stereocenters. The number of furan rings is 1. The van der Waals surface area contributed by atoms with E-state index in [2.05, 4.69) is 14.9 Å². The molecule has 24 heavy (non-hydrogen) atoms. The first-order valence-electron chi connectivity index (χ1n) is 8.32. The maximum Gasteiger partial charge on any atom is 0.257 e. The second-order valence-corrected chi connectivity index (χ2v) is 6.50. The molecule has 2 aromatic rings. The number of carbonyl (C=O) groups is 2. The van der Waals surface area contributed by atoms with Crippen molar-refractivity contribution in [1.29, 1.82) is 0 Å². The summed E-state index contributed by atoms with van der Waals surface area (Å²) in [5.41, 5.74) is 1.40. The van der Waals surface area contributed by atoms with E-state index >= 15 is 0 Å². The number of amides is 2. The van der Waals surface area contributed by atoms with Gasteiger partial charge < -0.3 is 19.2 Å². The van der Waals surface area contributed by atoms with Crippen LogP contribution in [0.25, 0.3) is 0 Å². The number of imidazole rings is 1. The molecule has 7 heteroatoms. The quantitative estimate of drug-likeness (QED) is 0.903. The van der Waals surface area contributed by atoms with Gasteiger partial charge in [-0.25, -0.2) is 4.98 Å². The molecule has 2 aromatic heterocycles. The van der Waals surface area contributed by atoms with Crippen molar-refractivity contribution in [3.63, 3.8) is 0 Å². The Morgan fingerprint density at radius 1 is 1.33 bits per heavy atom. The molecule has 0 aromatic carbocycles. The maximum absolute atomic E-state index is 12.4. The Balaban J connectivity index is 1.36. The fourth-order valence-electron chi connectivity index (χ4n) is 2.98. The van der Waals surface area contributed by atoms with Gasteiger partial charge in [-0.15, -0.1) is 0 Å². The molecular formula is C17H20N4O3. The number of hydrogen-bond donors (Lipinski definition) is 1. The molecule has 0 radical (unpaired) electrons. The molecule has 3 heterocycles. The molecule has 2 amide bonds.